The van der Waals surface area contributed by atoms with Crippen LogP contribution in [0.4, 0.5) is 8.78 Å². The van der Waals surface area contributed by atoms with Crippen molar-refractivity contribution in [3.63, 3.8) is 0 Å². The van der Waals surface area contributed by atoms with Gasteiger partial charge in [-0.15, -0.1) is 0 Å². The Kier molecular flexibility index (Phi) is 8.16. The number of ether oxygens (including phenoxy) is 1. The van der Waals surface area contributed by atoms with Crippen molar-refractivity contribution in [2.75, 3.05) is 5.75 Å². The van der Waals surface area contributed by atoms with Crippen LogP contribution >= 0.6 is 11.8 Å². The van der Waals surface area contributed by atoms with E-state index in [4.69, 9.17) is 0 Å². The summed E-state index contributed by atoms with van der Waals surface area (Å²) in [4.78, 5) is 30.6. The lowest BCUT2D eigenvalue weighted by Crippen LogP contribution is -2.36. The van der Waals surface area contributed by atoms with E-state index in [9.17, 15) is 18.4 Å². The van der Waals surface area contributed by atoms with Gasteiger partial charge in [-0.2, -0.15) is 8.78 Å². The maximum absolute atomic E-state index is 13.3. The largest absolute Gasteiger partial charge is 0.435 e. The molecule has 1 aliphatic carbocycles. The summed E-state index contributed by atoms with van der Waals surface area (Å²) in [6, 6.07) is 13.0. The summed E-state index contributed by atoms with van der Waals surface area (Å²) in [5.74, 6) is 0.0203. The second kappa shape index (κ2) is 11.5. The summed E-state index contributed by atoms with van der Waals surface area (Å²) >= 11 is 1.18. The number of benzene rings is 2. The molecule has 2 aromatic carbocycles. The van der Waals surface area contributed by atoms with E-state index in [1.807, 2.05) is 0 Å². The number of thioether (sulfide) groups is 1. The summed E-state index contributed by atoms with van der Waals surface area (Å²) in [7, 11) is 0. The number of alkyl halides is 2. The van der Waals surface area contributed by atoms with Crippen LogP contribution in [0.1, 0.15) is 44.9 Å². The minimum absolute atomic E-state index is 0.00618. The number of nitrogens with one attached hydrogen (secondary N) is 1. The lowest BCUT2D eigenvalue weighted by Gasteiger charge is -2.21. The minimum atomic E-state index is -2.93. The number of rotatable bonds is 7. The molecule has 0 spiro atoms. The molecule has 3 aromatic rings. The Hall–Kier alpha value is -2.94. The van der Waals surface area contributed by atoms with Gasteiger partial charge in [0.15, 0.2) is 5.16 Å². The van der Waals surface area contributed by atoms with Gasteiger partial charge in [-0.1, -0.05) is 56.0 Å². The fourth-order valence-electron chi connectivity index (χ4n) is 4.21. The number of fused-ring (bicyclic) bond motifs is 1. The van der Waals surface area contributed by atoms with E-state index in [1.165, 1.54) is 59.9 Å². The Morgan fingerprint density at radius 1 is 1.06 bits per heavy atom. The van der Waals surface area contributed by atoms with Gasteiger partial charge in [0.25, 0.3) is 5.56 Å². The molecule has 9 heteroatoms. The number of carbonyl (C=O) groups is 1. The van der Waals surface area contributed by atoms with Crippen LogP contribution in [-0.2, 0) is 4.79 Å². The zero-order valence-corrected chi connectivity index (χ0v) is 19.5. The quantitative estimate of drug-likeness (QED) is 0.361. The number of para-hydroxylation sites is 1. The van der Waals surface area contributed by atoms with Gasteiger partial charge in [-0.3, -0.25) is 14.2 Å². The molecule has 6 nitrogen and oxygen atoms in total. The molecule has 34 heavy (non-hydrogen) atoms. The minimum Gasteiger partial charge on any atom is -0.435 e. The fourth-order valence-corrected chi connectivity index (χ4v) is 5.04. The maximum atomic E-state index is 13.3. The number of hydrogen-bond acceptors (Lipinski definition) is 5. The second-order valence-corrected chi connectivity index (χ2v) is 9.27. The van der Waals surface area contributed by atoms with Crippen LogP contribution in [0.3, 0.4) is 0 Å². The third-order valence-electron chi connectivity index (χ3n) is 5.87. The second-order valence-electron chi connectivity index (χ2n) is 8.32. The molecule has 1 aliphatic rings. The van der Waals surface area contributed by atoms with Gasteiger partial charge >= 0.3 is 6.61 Å². The summed E-state index contributed by atoms with van der Waals surface area (Å²) in [6.45, 7) is -2.93. The zero-order chi connectivity index (χ0) is 23.9. The fraction of sp³-hybridized carbons (Fsp3) is 0.400. The third kappa shape index (κ3) is 6.14. The van der Waals surface area contributed by atoms with Crippen molar-refractivity contribution in [2.24, 2.45) is 0 Å². The van der Waals surface area contributed by atoms with Crippen molar-refractivity contribution in [1.82, 2.24) is 14.9 Å². The Labute approximate surface area is 200 Å². The third-order valence-corrected chi connectivity index (χ3v) is 6.81. The van der Waals surface area contributed by atoms with E-state index in [0.717, 1.165) is 25.7 Å². The molecule has 1 fully saturated rings. The van der Waals surface area contributed by atoms with E-state index >= 15 is 0 Å². The number of halogens is 2. The van der Waals surface area contributed by atoms with Gasteiger partial charge < -0.3 is 10.1 Å². The Morgan fingerprint density at radius 2 is 1.74 bits per heavy atom. The summed E-state index contributed by atoms with van der Waals surface area (Å²) in [5, 5.41) is 3.92. The van der Waals surface area contributed by atoms with Crippen molar-refractivity contribution in [1.29, 1.82) is 0 Å². The summed E-state index contributed by atoms with van der Waals surface area (Å²) < 4.78 is 30.8. The zero-order valence-electron chi connectivity index (χ0n) is 18.7. The molecule has 0 aliphatic heterocycles. The topological polar surface area (TPSA) is 73.2 Å². The van der Waals surface area contributed by atoms with Crippen LogP contribution < -0.4 is 15.6 Å². The summed E-state index contributed by atoms with van der Waals surface area (Å²) in [6.07, 6.45) is 7.89. The van der Waals surface area contributed by atoms with Crippen molar-refractivity contribution in [2.45, 2.75) is 62.8 Å². The van der Waals surface area contributed by atoms with Gasteiger partial charge in [0.2, 0.25) is 5.91 Å². The highest BCUT2D eigenvalue weighted by atomic mass is 32.2. The Morgan fingerprint density at radius 3 is 2.44 bits per heavy atom. The molecule has 0 saturated heterocycles. The molecule has 1 saturated carbocycles. The van der Waals surface area contributed by atoms with Crippen molar-refractivity contribution >= 4 is 28.6 Å². The molecule has 1 N–H and O–H groups in total. The number of amides is 1. The molecule has 1 amide bonds. The monoisotopic (exact) mass is 487 g/mol. The molecular formula is C25H27F2N3O3S. The van der Waals surface area contributed by atoms with Crippen LogP contribution in [0.5, 0.6) is 5.75 Å². The SMILES string of the molecule is O=C(CSc1nc2ccccc2c(=O)n1-c1ccc(OC(F)F)cc1)NC1CCCCCCC1. The molecule has 1 heterocycles. The van der Waals surface area contributed by atoms with Crippen molar-refractivity contribution in [3.8, 4) is 11.4 Å². The van der Waals surface area contributed by atoms with Crippen LogP contribution in [0.2, 0.25) is 0 Å². The number of carbonyl (C=O) groups excluding carboxylic acids is 1. The average Bonchev–Trinajstić information content (AvgIpc) is 2.80. The Balaban J connectivity index is 1.57. The van der Waals surface area contributed by atoms with Crippen molar-refractivity contribution in [3.05, 3.63) is 58.9 Å². The van der Waals surface area contributed by atoms with Crippen LogP contribution in [0.15, 0.2) is 58.5 Å². The van der Waals surface area contributed by atoms with E-state index in [0.29, 0.717) is 21.7 Å². The molecular weight excluding hydrogens is 460 g/mol. The first kappa shape index (κ1) is 24.2. The molecule has 0 unspecified atom stereocenters. The lowest BCUT2D eigenvalue weighted by molar-refractivity contribution is -0.119. The van der Waals surface area contributed by atoms with Gasteiger partial charge in [0, 0.05) is 6.04 Å². The smallest absolute Gasteiger partial charge is 0.387 e. The van der Waals surface area contributed by atoms with Crippen LogP contribution in [-0.4, -0.2) is 33.9 Å². The first-order chi connectivity index (χ1) is 16.5. The molecule has 180 valence electrons. The molecule has 0 radical (unpaired) electrons. The lowest BCUT2D eigenvalue weighted by atomic mass is 9.97. The van der Waals surface area contributed by atoms with Gasteiger partial charge in [0.05, 0.1) is 22.3 Å². The number of aromatic nitrogens is 2. The van der Waals surface area contributed by atoms with Gasteiger partial charge in [-0.25, -0.2) is 4.98 Å². The molecule has 4 rings (SSSR count). The van der Waals surface area contributed by atoms with E-state index < -0.39 is 6.61 Å². The highest BCUT2D eigenvalue weighted by Gasteiger charge is 2.18. The average molecular weight is 488 g/mol. The van der Waals surface area contributed by atoms with E-state index in [-0.39, 0.29) is 29.0 Å². The molecule has 0 atom stereocenters. The van der Waals surface area contributed by atoms with E-state index in [1.54, 1.807) is 24.3 Å². The van der Waals surface area contributed by atoms with E-state index in [2.05, 4.69) is 15.0 Å². The number of nitrogens with zero attached hydrogens (tertiary/aromatic N) is 2. The predicted octanol–water partition coefficient (Wildman–Crippen LogP) is 5.31. The molecule has 1 aromatic heterocycles. The molecule has 0 bridgehead atoms. The Bertz CT molecular complexity index is 1180. The van der Waals surface area contributed by atoms with Crippen LogP contribution in [0, 0.1) is 0 Å². The van der Waals surface area contributed by atoms with Crippen molar-refractivity contribution < 1.29 is 18.3 Å². The number of hydrogen-bond donors (Lipinski definition) is 1. The standard InChI is InChI=1S/C25H27F2N3O3S/c26-24(27)33-19-14-12-18(13-15-19)30-23(32)20-10-6-7-11-21(20)29-25(30)34-16-22(31)28-17-8-4-2-1-3-5-9-17/h6-7,10-15,17,24H,1-5,8-9,16H2,(H,28,31). The maximum Gasteiger partial charge on any atom is 0.387 e. The van der Waals surface area contributed by atoms with Gasteiger partial charge in [0.1, 0.15) is 5.75 Å². The van der Waals surface area contributed by atoms with Gasteiger partial charge in [-0.05, 0) is 49.2 Å². The first-order valence-electron chi connectivity index (χ1n) is 11.5. The highest BCUT2D eigenvalue weighted by molar-refractivity contribution is 7.99. The normalized spacial score (nSPS) is 15.1. The summed E-state index contributed by atoms with van der Waals surface area (Å²) in [5.41, 5.74) is 0.688. The first-order valence-corrected chi connectivity index (χ1v) is 12.5. The highest BCUT2D eigenvalue weighted by Crippen LogP contribution is 2.24. The predicted molar refractivity (Wildman–Crippen MR) is 129 cm³/mol. The van der Waals surface area contributed by atoms with Crippen LogP contribution in [0.25, 0.3) is 16.6 Å².